The fourth-order valence-electron chi connectivity index (χ4n) is 3.30. The molecular weight excluding hydrogens is 480 g/mol. The van der Waals surface area contributed by atoms with E-state index in [9.17, 15) is 22.4 Å². The van der Waals surface area contributed by atoms with E-state index in [4.69, 9.17) is 11.6 Å². The van der Waals surface area contributed by atoms with Crippen LogP contribution >= 0.6 is 23.4 Å². The van der Waals surface area contributed by atoms with Crippen molar-refractivity contribution in [1.29, 1.82) is 0 Å². The van der Waals surface area contributed by atoms with Crippen LogP contribution in [0.1, 0.15) is 18.1 Å². The van der Waals surface area contributed by atoms with E-state index in [0.717, 1.165) is 12.1 Å². The zero-order chi connectivity index (χ0) is 23.8. The number of aryl methyl sites for hydroxylation is 2. The monoisotopic (exact) mass is 496 g/mol. The predicted octanol–water partition coefficient (Wildman–Crippen LogP) is 5.75. The molecule has 2 heterocycles. The van der Waals surface area contributed by atoms with Gasteiger partial charge in [0.15, 0.2) is 16.3 Å². The Kier molecular flexibility index (Phi) is 6.49. The maximum Gasteiger partial charge on any atom is 0.416 e. The van der Waals surface area contributed by atoms with E-state index in [2.05, 4.69) is 9.97 Å². The molecule has 0 bridgehead atoms. The molecule has 0 spiro atoms. The van der Waals surface area contributed by atoms with Crippen LogP contribution in [0.5, 0.6) is 0 Å². The van der Waals surface area contributed by atoms with Gasteiger partial charge in [0, 0.05) is 17.3 Å². The zero-order valence-electron chi connectivity index (χ0n) is 17.2. The number of fused-ring (bicyclic) bond motifs is 1. The molecule has 0 aliphatic rings. The fourth-order valence-corrected chi connectivity index (χ4v) is 4.55. The first kappa shape index (κ1) is 23.3. The number of hydrogen-bond acceptors (Lipinski definition) is 4. The van der Waals surface area contributed by atoms with Crippen LogP contribution in [-0.4, -0.2) is 24.9 Å². The quantitative estimate of drug-likeness (QED) is 0.194. The first-order valence-electron chi connectivity index (χ1n) is 9.91. The summed E-state index contributed by atoms with van der Waals surface area (Å²) in [6, 6.07) is 8.67. The maximum absolute atomic E-state index is 13.4. The van der Waals surface area contributed by atoms with Gasteiger partial charge in [-0.3, -0.25) is 9.36 Å². The van der Waals surface area contributed by atoms with Crippen LogP contribution in [0.25, 0.3) is 16.9 Å². The van der Waals surface area contributed by atoms with Crippen molar-refractivity contribution in [1.82, 2.24) is 19.1 Å². The highest BCUT2D eigenvalue weighted by Gasteiger charge is 2.30. The maximum atomic E-state index is 13.4. The fraction of sp³-hybridized carbons (Fsp3) is 0.227. The molecule has 2 aromatic carbocycles. The summed E-state index contributed by atoms with van der Waals surface area (Å²) in [6.45, 7) is 2.46. The van der Waals surface area contributed by atoms with Gasteiger partial charge in [0.05, 0.1) is 17.6 Å². The van der Waals surface area contributed by atoms with Crippen LogP contribution in [0.15, 0.2) is 58.7 Å². The van der Waals surface area contributed by atoms with Gasteiger partial charge in [-0.1, -0.05) is 29.4 Å². The number of alkyl halides is 3. The Hall–Kier alpha value is -2.85. The number of aromatic nitrogens is 4. The summed E-state index contributed by atoms with van der Waals surface area (Å²) in [6.07, 6.45) is -2.58. The van der Waals surface area contributed by atoms with Crippen LogP contribution in [0.3, 0.4) is 0 Å². The van der Waals surface area contributed by atoms with Crippen molar-refractivity contribution in [2.75, 3.05) is 5.75 Å². The molecule has 0 saturated carbocycles. The number of benzene rings is 2. The van der Waals surface area contributed by atoms with Crippen LogP contribution in [0.2, 0.25) is 5.02 Å². The molecule has 0 aliphatic heterocycles. The van der Waals surface area contributed by atoms with Crippen molar-refractivity contribution in [3.8, 4) is 5.69 Å². The smallest absolute Gasteiger partial charge is 0.315 e. The van der Waals surface area contributed by atoms with Gasteiger partial charge in [0.2, 0.25) is 0 Å². The van der Waals surface area contributed by atoms with Crippen molar-refractivity contribution in [3.05, 3.63) is 81.1 Å². The third-order valence-corrected chi connectivity index (χ3v) is 6.31. The average molecular weight is 497 g/mol. The molecule has 5 nitrogen and oxygen atoms in total. The Balaban J connectivity index is 1.67. The van der Waals surface area contributed by atoms with Crippen molar-refractivity contribution in [3.63, 3.8) is 0 Å². The number of hydrogen-bond donors (Lipinski definition) is 0. The highest BCUT2D eigenvalue weighted by atomic mass is 35.5. The summed E-state index contributed by atoms with van der Waals surface area (Å²) < 4.78 is 55.1. The number of imidazole rings is 1. The molecule has 0 unspecified atom stereocenters. The van der Waals surface area contributed by atoms with E-state index in [0.29, 0.717) is 40.8 Å². The lowest BCUT2D eigenvalue weighted by Gasteiger charge is -2.13. The predicted molar refractivity (Wildman–Crippen MR) is 120 cm³/mol. The Morgan fingerprint density at radius 2 is 1.85 bits per heavy atom. The van der Waals surface area contributed by atoms with E-state index in [1.165, 1.54) is 53.0 Å². The van der Waals surface area contributed by atoms with Crippen LogP contribution in [0.4, 0.5) is 17.6 Å². The van der Waals surface area contributed by atoms with E-state index in [1.807, 2.05) is 6.92 Å². The minimum absolute atomic E-state index is 0.0221. The topological polar surface area (TPSA) is 52.7 Å². The molecule has 0 amide bonds. The highest BCUT2D eigenvalue weighted by molar-refractivity contribution is 7.99. The van der Waals surface area contributed by atoms with Crippen molar-refractivity contribution < 1.29 is 17.6 Å². The van der Waals surface area contributed by atoms with Gasteiger partial charge in [-0.05, 0) is 55.3 Å². The molecule has 4 rings (SSSR count). The summed E-state index contributed by atoms with van der Waals surface area (Å²) in [5.74, 6) is -0.0490. The number of halogens is 5. The lowest BCUT2D eigenvalue weighted by Crippen LogP contribution is -2.22. The summed E-state index contributed by atoms with van der Waals surface area (Å²) in [4.78, 5) is 22.0. The molecular formula is C22H17ClF4N4OS. The molecule has 172 valence electrons. The van der Waals surface area contributed by atoms with Gasteiger partial charge in [0.25, 0.3) is 5.56 Å². The van der Waals surface area contributed by atoms with Crippen LogP contribution in [-0.2, 0) is 19.1 Å². The average Bonchev–Trinajstić information content (AvgIpc) is 3.18. The highest BCUT2D eigenvalue weighted by Crippen LogP contribution is 2.32. The molecule has 0 aliphatic carbocycles. The lowest BCUT2D eigenvalue weighted by atomic mass is 10.1. The molecule has 2 aromatic heterocycles. The van der Waals surface area contributed by atoms with Gasteiger partial charge >= 0.3 is 6.18 Å². The van der Waals surface area contributed by atoms with Crippen LogP contribution in [0, 0.1) is 5.82 Å². The second kappa shape index (κ2) is 9.18. The van der Waals surface area contributed by atoms with E-state index >= 15 is 0 Å². The summed E-state index contributed by atoms with van der Waals surface area (Å²) >= 11 is 7.31. The third-order valence-electron chi connectivity index (χ3n) is 5.02. The SMILES string of the molecule is CCn1cnc2c(=O)n(-c3ccc(F)cc3)c(SCCc3ccc(C(F)(F)F)cc3Cl)nc21. The number of thioether (sulfide) groups is 1. The minimum atomic E-state index is -4.47. The lowest BCUT2D eigenvalue weighted by molar-refractivity contribution is -0.137. The molecule has 4 aromatic rings. The number of rotatable bonds is 6. The minimum Gasteiger partial charge on any atom is -0.315 e. The standard InChI is InChI=1S/C22H17ClF4N4OS/c1-2-30-12-28-18-19(30)29-21(31(20(18)32)16-7-5-15(24)6-8-16)33-10-9-13-3-4-14(11-17(13)23)22(25,26)27/h3-8,11-12H,2,9-10H2,1H3. The van der Waals surface area contributed by atoms with E-state index in [1.54, 1.807) is 4.57 Å². The van der Waals surface area contributed by atoms with Crippen LogP contribution < -0.4 is 5.56 Å². The van der Waals surface area contributed by atoms with Crippen molar-refractivity contribution >= 4 is 34.5 Å². The molecule has 0 fully saturated rings. The Labute approximate surface area is 195 Å². The van der Waals surface area contributed by atoms with E-state index in [-0.39, 0.29) is 10.5 Å². The van der Waals surface area contributed by atoms with Crippen molar-refractivity contribution in [2.24, 2.45) is 0 Å². The molecule has 0 atom stereocenters. The second-order valence-electron chi connectivity index (χ2n) is 7.12. The van der Waals surface area contributed by atoms with Gasteiger partial charge < -0.3 is 4.57 Å². The normalized spacial score (nSPS) is 11.9. The van der Waals surface area contributed by atoms with Gasteiger partial charge in [-0.25, -0.2) is 14.4 Å². The number of nitrogens with zero attached hydrogens (tertiary/aromatic N) is 4. The summed E-state index contributed by atoms with van der Waals surface area (Å²) in [7, 11) is 0. The molecule has 33 heavy (non-hydrogen) atoms. The first-order valence-corrected chi connectivity index (χ1v) is 11.3. The van der Waals surface area contributed by atoms with Gasteiger partial charge in [-0.15, -0.1) is 0 Å². The largest absolute Gasteiger partial charge is 0.416 e. The summed E-state index contributed by atoms with van der Waals surface area (Å²) in [5, 5.41) is 0.381. The third kappa shape index (κ3) is 4.77. The van der Waals surface area contributed by atoms with Gasteiger partial charge in [-0.2, -0.15) is 13.2 Å². The zero-order valence-corrected chi connectivity index (χ0v) is 18.8. The molecule has 11 heteroatoms. The summed E-state index contributed by atoms with van der Waals surface area (Å²) in [5.41, 5.74) is 0.388. The molecule has 0 radical (unpaired) electrons. The Morgan fingerprint density at radius 3 is 2.48 bits per heavy atom. The Bertz CT molecular complexity index is 1370. The Morgan fingerprint density at radius 1 is 1.12 bits per heavy atom. The van der Waals surface area contributed by atoms with E-state index < -0.39 is 23.1 Å². The van der Waals surface area contributed by atoms with Gasteiger partial charge in [0.1, 0.15) is 5.82 Å². The molecule has 0 saturated heterocycles. The first-order chi connectivity index (χ1) is 15.7. The van der Waals surface area contributed by atoms with Crippen molar-refractivity contribution in [2.45, 2.75) is 31.2 Å². The second-order valence-corrected chi connectivity index (χ2v) is 8.59. The molecule has 0 N–H and O–H groups in total.